The number of benzene rings is 1. The van der Waals surface area contributed by atoms with Crippen LogP contribution in [0.2, 0.25) is 0 Å². The van der Waals surface area contributed by atoms with Gasteiger partial charge in [-0.1, -0.05) is 12.1 Å². The first kappa shape index (κ1) is 12.9. The van der Waals surface area contributed by atoms with Crippen LogP contribution >= 0.6 is 0 Å². The Kier molecular flexibility index (Phi) is 3.84. The lowest BCUT2D eigenvalue weighted by molar-refractivity contribution is 0.0784. The van der Waals surface area contributed by atoms with Crippen molar-refractivity contribution in [1.82, 2.24) is 9.80 Å². The van der Waals surface area contributed by atoms with Gasteiger partial charge in [-0.25, -0.2) is 0 Å². The summed E-state index contributed by atoms with van der Waals surface area (Å²) < 4.78 is 0. The lowest BCUT2D eigenvalue weighted by Crippen LogP contribution is -2.34. The number of rotatable bonds is 3. The molecule has 1 amide bonds. The van der Waals surface area contributed by atoms with E-state index in [9.17, 15) is 4.79 Å². The summed E-state index contributed by atoms with van der Waals surface area (Å²) in [5.74, 6) is 5.48. The van der Waals surface area contributed by atoms with Crippen molar-refractivity contribution in [3.63, 3.8) is 0 Å². The second kappa shape index (κ2) is 5.37. The first-order chi connectivity index (χ1) is 8.63. The van der Waals surface area contributed by atoms with Crippen LogP contribution in [0.3, 0.4) is 0 Å². The molecule has 1 heterocycles. The molecule has 1 unspecified atom stereocenters. The van der Waals surface area contributed by atoms with Crippen LogP contribution in [0, 0.1) is 0 Å². The average molecular weight is 248 g/mol. The Morgan fingerprint density at radius 3 is 2.78 bits per heavy atom. The van der Waals surface area contributed by atoms with E-state index >= 15 is 0 Å². The van der Waals surface area contributed by atoms with Gasteiger partial charge >= 0.3 is 0 Å². The van der Waals surface area contributed by atoms with Gasteiger partial charge in [0.05, 0.1) is 11.3 Å². The second-order valence-electron chi connectivity index (χ2n) is 4.85. The zero-order valence-electron chi connectivity index (χ0n) is 10.9. The number of hydrazine groups is 1. The molecule has 5 heteroatoms. The minimum Gasteiger partial charge on any atom is -0.337 e. The number of para-hydroxylation sites is 1. The van der Waals surface area contributed by atoms with E-state index in [0.29, 0.717) is 17.3 Å². The van der Waals surface area contributed by atoms with Crippen LogP contribution < -0.4 is 11.3 Å². The fourth-order valence-electron chi connectivity index (χ4n) is 2.31. The molecule has 2 rings (SSSR count). The van der Waals surface area contributed by atoms with Crippen LogP contribution in [0.25, 0.3) is 0 Å². The molecule has 1 atom stereocenters. The second-order valence-corrected chi connectivity index (χ2v) is 4.85. The molecule has 0 spiro atoms. The average Bonchev–Trinajstić information content (AvgIpc) is 2.87. The van der Waals surface area contributed by atoms with Crippen molar-refractivity contribution >= 4 is 11.6 Å². The molecule has 0 aliphatic carbocycles. The Hall–Kier alpha value is -1.59. The predicted octanol–water partition coefficient (Wildman–Crippen LogP) is 0.748. The van der Waals surface area contributed by atoms with Crippen molar-refractivity contribution in [1.29, 1.82) is 0 Å². The summed E-state index contributed by atoms with van der Waals surface area (Å²) in [6.07, 6.45) is 1.02. The SMILES string of the molecule is CN(C)C1CCN(C(=O)c2ccccc2NN)C1. The number of nitrogens with one attached hydrogen (secondary N) is 1. The maximum Gasteiger partial charge on any atom is 0.256 e. The molecule has 18 heavy (non-hydrogen) atoms. The summed E-state index contributed by atoms with van der Waals surface area (Å²) >= 11 is 0. The monoisotopic (exact) mass is 248 g/mol. The molecule has 1 aliphatic rings. The van der Waals surface area contributed by atoms with E-state index in [4.69, 9.17) is 5.84 Å². The number of likely N-dealkylation sites (N-methyl/N-ethyl adjacent to an activating group) is 1. The topological polar surface area (TPSA) is 61.6 Å². The van der Waals surface area contributed by atoms with Gasteiger partial charge in [-0.2, -0.15) is 0 Å². The van der Waals surface area contributed by atoms with Crippen molar-refractivity contribution in [3.05, 3.63) is 29.8 Å². The fourth-order valence-corrected chi connectivity index (χ4v) is 2.31. The van der Waals surface area contributed by atoms with Crippen LogP contribution in [0.4, 0.5) is 5.69 Å². The van der Waals surface area contributed by atoms with Crippen LogP contribution in [0.1, 0.15) is 16.8 Å². The van der Waals surface area contributed by atoms with E-state index in [2.05, 4.69) is 10.3 Å². The summed E-state index contributed by atoms with van der Waals surface area (Å²) in [5.41, 5.74) is 3.89. The van der Waals surface area contributed by atoms with Crippen molar-refractivity contribution in [3.8, 4) is 0 Å². The van der Waals surface area contributed by atoms with Gasteiger partial charge in [0, 0.05) is 19.1 Å². The Bertz CT molecular complexity index is 433. The molecule has 1 aromatic rings. The zero-order valence-corrected chi connectivity index (χ0v) is 10.9. The van der Waals surface area contributed by atoms with Crippen molar-refractivity contribution in [2.75, 3.05) is 32.6 Å². The summed E-state index contributed by atoms with van der Waals surface area (Å²) in [6.45, 7) is 1.59. The maximum atomic E-state index is 12.4. The van der Waals surface area contributed by atoms with Gasteiger partial charge in [-0.15, -0.1) is 0 Å². The van der Waals surface area contributed by atoms with Crippen molar-refractivity contribution in [2.24, 2.45) is 5.84 Å². The highest BCUT2D eigenvalue weighted by Crippen LogP contribution is 2.20. The van der Waals surface area contributed by atoms with Gasteiger partial charge in [-0.05, 0) is 32.6 Å². The number of carbonyl (C=O) groups is 1. The molecule has 1 aromatic carbocycles. The van der Waals surface area contributed by atoms with E-state index in [1.807, 2.05) is 37.2 Å². The molecule has 0 saturated carbocycles. The van der Waals surface area contributed by atoms with Crippen LogP contribution in [0.5, 0.6) is 0 Å². The van der Waals surface area contributed by atoms with E-state index in [0.717, 1.165) is 19.5 Å². The molecule has 98 valence electrons. The van der Waals surface area contributed by atoms with Gasteiger partial charge in [0.15, 0.2) is 0 Å². The molecule has 3 N–H and O–H groups in total. The van der Waals surface area contributed by atoms with Gasteiger partial charge in [-0.3, -0.25) is 10.6 Å². The first-order valence-electron chi connectivity index (χ1n) is 6.15. The maximum absolute atomic E-state index is 12.4. The van der Waals surface area contributed by atoms with E-state index in [1.54, 1.807) is 6.07 Å². The fraction of sp³-hybridized carbons (Fsp3) is 0.462. The van der Waals surface area contributed by atoms with Crippen LogP contribution in [0.15, 0.2) is 24.3 Å². The molecule has 0 bridgehead atoms. The molecule has 1 saturated heterocycles. The number of hydrogen-bond donors (Lipinski definition) is 2. The molecule has 1 fully saturated rings. The summed E-state index contributed by atoms with van der Waals surface area (Å²) in [5, 5.41) is 0. The summed E-state index contributed by atoms with van der Waals surface area (Å²) in [6, 6.07) is 7.78. The van der Waals surface area contributed by atoms with Crippen molar-refractivity contribution < 1.29 is 4.79 Å². The molecule has 1 aliphatic heterocycles. The Balaban J connectivity index is 2.13. The lowest BCUT2D eigenvalue weighted by atomic mass is 10.1. The third-order valence-electron chi connectivity index (χ3n) is 3.49. The summed E-state index contributed by atoms with van der Waals surface area (Å²) in [7, 11) is 4.10. The Morgan fingerprint density at radius 2 is 2.17 bits per heavy atom. The Morgan fingerprint density at radius 1 is 1.44 bits per heavy atom. The van der Waals surface area contributed by atoms with E-state index in [1.165, 1.54) is 0 Å². The molecule has 0 aromatic heterocycles. The summed E-state index contributed by atoms with van der Waals surface area (Å²) in [4.78, 5) is 16.5. The van der Waals surface area contributed by atoms with Gasteiger partial charge in [0.2, 0.25) is 0 Å². The highest BCUT2D eigenvalue weighted by molar-refractivity contribution is 5.99. The van der Waals surface area contributed by atoms with Gasteiger partial charge < -0.3 is 15.2 Å². The lowest BCUT2D eigenvalue weighted by Gasteiger charge is -2.21. The largest absolute Gasteiger partial charge is 0.337 e. The highest BCUT2D eigenvalue weighted by Gasteiger charge is 2.28. The number of nitrogens with zero attached hydrogens (tertiary/aromatic N) is 2. The smallest absolute Gasteiger partial charge is 0.256 e. The van der Waals surface area contributed by atoms with Gasteiger partial charge in [0.1, 0.15) is 0 Å². The van der Waals surface area contributed by atoms with E-state index in [-0.39, 0.29) is 5.91 Å². The quantitative estimate of drug-likeness (QED) is 0.612. The first-order valence-corrected chi connectivity index (χ1v) is 6.15. The number of nitrogen functional groups attached to an aromatic ring is 1. The number of likely N-dealkylation sites (tertiary alicyclic amines) is 1. The molecular formula is C13H20N4O. The van der Waals surface area contributed by atoms with Crippen molar-refractivity contribution in [2.45, 2.75) is 12.5 Å². The number of amides is 1. The molecule has 5 nitrogen and oxygen atoms in total. The predicted molar refractivity (Wildman–Crippen MR) is 72.2 cm³/mol. The Labute approximate surface area is 108 Å². The zero-order chi connectivity index (χ0) is 13.1. The van der Waals surface area contributed by atoms with Gasteiger partial charge in [0.25, 0.3) is 5.91 Å². The number of carbonyl (C=O) groups excluding carboxylic acids is 1. The standard InChI is InChI=1S/C13H20N4O/c1-16(2)10-7-8-17(9-10)13(18)11-5-3-4-6-12(11)15-14/h3-6,10,15H,7-9,14H2,1-2H3. The third kappa shape index (κ3) is 2.47. The normalized spacial score (nSPS) is 19.3. The minimum absolute atomic E-state index is 0.0490. The van der Waals surface area contributed by atoms with Crippen LogP contribution in [-0.4, -0.2) is 48.9 Å². The number of nitrogens with two attached hydrogens (primary N) is 1. The highest BCUT2D eigenvalue weighted by atomic mass is 16.2. The van der Waals surface area contributed by atoms with Crippen LogP contribution in [-0.2, 0) is 0 Å². The number of hydrogen-bond acceptors (Lipinski definition) is 4. The van der Waals surface area contributed by atoms with E-state index < -0.39 is 0 Å². The minimum atomic E-state index is 0.0490. The molecule has 0 radical (unpaired) electrons. The number of anilines is 1. The third-order valence-corrected chi connectivity index (χ3v) is 3.49. The molecular weight excluding hydrogens is 228 g/mol.